The SMILES string of the molecule is Cc1cnc2c(c1)CCC[C@@H]2N. The van der Waals surface area contributed by atoms with Crippen LogP contribution in [0.1, 0.15) is 35.7 Å². The van der Waals surface area contributed by atoms with Gasteiger partial charge in [-0.25, -0.2) is 0 Å². The molecule has 0 spiro atoms. The van der Waals surface area contributed by atoms with Gasteiger partial charge >= 0.3 is 0 Å². The first-order chi connectivity index (χ1) is 5.77. The second-order valence-corrected chi connectivity index (χ2v) is 3.56. The summed E-state index contributed by atoms with van der Waals surface area (Å²) in [6.07, 6.45) is 5.35. The first kappa shape index (κ1) is 7.74. The number of fused-ring (bicyclic) bond motifs is 1. The summed E-state index contributed by atoms with van der Waals surface area (Å²) in [7, 11) is 0. The van der Waals surface area contributed by atoms with Crippen molar-refractivity contribution >= 4 is 0 Å². The maximum atomic E-state index is 5.93. The quantitative estimate of drug-likeness (QED) is 0.631. The van der Waals surface area contributed by atoms with Gasteiger partial charge in [0.05, 0.1) is 5.69 Å². The van der Waals surface area contributed by atoms with Gasteiger partial charge in [0.2, 0.25) is 0 Å². The molecule has 12 heavy (non-hydrogen) atoms. The van der Waals surface area contributed by atoms with Crippen molar-refractivity contribution < 1.29 is 0 Å². The molecule has 1 heterocycles. The Kier molecular flexibility index (Phi) is 1.85. The van der Waals surface area contributed by atoms with Gasteiger partial charge in [-0.15, -0.1) is 0 Å². The van der Waals surface area contributed by atoms with Crippen LogP contribution in [0, 0.1) is 6.92 Å². The van der Waals surface area contributed by atoms with E-state index in [0.29, 0.717) is 0 Å². The maximum Gasteiger partial charge on any atom is 0.0603 e. The lowest BCUT2D eigenvalue weighted by Crippen LogP contribution is -2.19. The van der Waals surface area contributed by atoms with Crippen LogP contribution < -0.4 is 5.73 Å². The van der Waals surface area contributed by atoms with E-state index >= 15 is 0 Å². The third-order valence-electron chi connectivity index (χ3n) is 2.45. The highest BCUT2D eigenvalue weighted by Gasteiger charge is 2.17. The second kappa shape index (κ2) is 2.87. The summed E-state index contributed by atoms with van der Waals surface area (Å²) in [5, 5.41) is 0. The molecular weight excluding hydrogens is 148 g/mol. The molecule has 2 heteroatoms. The summed E-state index contributed by atoms with van der Waals surface area (Å²) in [6.45, 7) is 2.08. The molecule has 1 aliphatic carbocycles. The number of aryl methyl sites for hydroxylation is 2. The van der Waals surface area contributed by atoms with Gasteiger partial charge in [0.1, 0.15) is 0 Å². The van der Waals surface area contributed by atoms with Crippen LogP contribution in [-0.2, 0) is 6.42 Å². The molecule has 0 saturated heterocycles. The average Bonchev–Trinajstić information content (AvgIpc) is 2.04. The lowest BCUT2D eigenvalue weighted by atomic mass is 9.92. The van der Waals surface area contributed by atoms with Crippen molar-refractivity contribution in [1.82, 2.24) is 4.98 Å². The molecule has 2 rings (SSSR count). The van der Waals surface area contributed by atoms with E-state index in [1.165, 1.54) is 17.5 Å². The first-order valence-corrected chi connectivity index (χ1v) is 4.48. The number of hydrogen-bond acceptors (Lipinski definition) is 2. The van der Waals surface area contributed by atoms with E-state index in [4.69, 9.17) is 5.73 Å². The molecule has 0 fully saturated rings. The zero-order chi connectivity index (χ0) is 8.55. The van der Waals surface area contributed by atoms with Crippen LogP contribution >= 0.6 is 0 Å². The van der Waals surface area contributed by atoms with Crippen molar-refractivity contribution in [2.75, 3.05) is 0 Å². The number of hydrogen-bond donors (Lipinski definition) is 1. The standard InChI is InChI=1S/C10H14N2/c1-7-5-8-3-2-4-9(11)10(8)12-6-7/h5-6,9H,2-4,11H2,1H3/t9-/m0/s1. The van der Waals surface area contributed by atoms with Gasteiger partial charge in [0, 0.05) is 12.2 Å². The summed E-state index contributed by atoms with van der Waals surface area (Å²) in [5.74, 6) is 0. The Bertz CT molecular complexity index is 294. The third kappa shape index (κ3) is 1.23. The summed E-state index contributed by atoms with van der Waals surface area (Å²) in [6, 6.07) is 2.38. The molecule has 1 atom stereocenters. The van der Waals surface area contributed by atoms with Crippen molar-refractivity contribution in [3.05, 3.63) is 29.1 Å². The van der Waals surface area contributed by atoms with Gasteiger partial charge in [-0.1, -0.05) is 6.07 Å². The van der Waals surface area contributed by atoms with Crippen molar-refractivity contribution in [2.45, 2.75) is 32.2 Å². The highest BCUT2D eigenvalue weighted by atomic mass is 14.8. The average molecular weight is 162 g/mol. The third-order valence-corrected chi connectivity index (χ3v) is 2.45. The summed E-state index contributed by atoms with van der Waals surface area (Å²) >= 11 is 0. The Morgan fingerprint density at radius 1 is 1.58 bits per heavy atom. The van der Waals surface area contributed by atoms with E-state index in [-0.39, 0.29) is 6.04 Å². The maximum absolute atomic E-state index is 5.93. The van der Waals surface area contributed by atoms with Crippen LogP contribution in [0.5, 0.6) is 0 Å². The van der Waals surface area contributed by atoms with Crippen molar-refractivity contribution in [3.63, 3.8) is 0 Å². The fourth-order valence-corrected chi connectivity index (χ4v) is 1.82. The Labute approximate surface area is 72.8 Å². The van der Waals surface area contributed by atoms with Crippen molar-refractivity contribution in [2.24, 2.45) is 5.73 Å². The minimum atomic E-state index is 0.175. The van der Waals surface area contributed by atoms with Crippen LogP contribution in [0.2, 0.25) is 0 Å². The van der Waals surface area contributed by atoms with Crippen LogP contribution in [0.15, 0.2) is 12.3 Å². The molecule has 64 valence electrons. The molecule has 1 aromatic rings. The van der Waals surface area contributed by atoms with Crippen LogP contribution in [-0.4, -0.2) is 4.98 Å². The topological polar surface area (TPSA) is 38.9 Å². The van der Waals surface area contributed by atoms with E-state index in [2.05, 4.69) is 18.0 Å². The number of aromatic nitrogens is 1. The Morgan fingerprint density at radius 3 is 3.25 bits per heavy atom. The molecule has 0 radical (unpaired) electrons. The molecular formula is C10H14N2. The minimum Gasteiger partial charge on any atom is -0.323 e. The van der Waals surface area contributed by atoms with Crippen LogP contribution in [0.4, 0.5) is 0 Å². The van der Waals surface area contributed by atoms with Crippen LogP contribution in [0.3, 0.4) is 0 Å². The zero-order valence-corrected chi connectivity index (χ0v) is 7.38. The van der Waals surface area contributed by atoms with E-state index in [0.717, 1.165) is 18.5 Å². The highest BCUT2D eigenvalue weighted by molar-refractivity contribution is 5.28. The van der Waals surface area contributed by atoms with E-state index in [1.54, 1.807) is 0 Å². The van der Waals surface area contributed by atoms with Gasteiger partial charge < -0.3 is 5.73 Å². The predicted octanol–water partition coefficient (Wildman–Crippen LogP) is 1.73. The largest absolute Gasteiger partial charge is 0.323 e. The molecule has 2 N–H and O–H groups in total. The number of rotatable bonds is 0. The van der Waals surface area contributed by atoms with Gasteiger partial charge in [0.15, 0.2) is 0 Å². The molecule has 0 saturated carbocycles. The molecule has 1 aromatic heterocycles. The van der Waals surface area contributed by atoms with Crippen LogP contribution in [0.25, 0.3) is 0 Å². The molecule has 0 aromatic carbocycles. The fourth-order valence-electron chi connectivity index (χ4n) is 1.82. The summed E-state index contributed by atoms with van der Waals surface area (Å²) < 4.78 is 0. The molecule has 2 nitrogen and oxygen atoms in total. The smallest absolute Gasteiger partial charge is 0.0603 e. The summed E-state index contributed by atoms with van der Waals surface area (Å²) in [5.41, 5.74) is 9.65. The highest BCUT2D eigenvalue weighted by Crippen LogP contribution is 2.26. The van der Waals surface area contributed by atoms with Gasteiger partial charge in [-0.2, -0.15) is 0 Å². The molecule has 0 bridgehead atoms. The fraction of sp³-hybridized carbons (Fsp3) is 0.500. The van der Waals surface area contributed by atoms with E-state index in [9.17, 15) is 0 Å². The van der Waals surface area contributed by atoms with Gasteiger partial charge in [-0.05, 0) is 37.3 Å². The molecule has 1 aliphatic rings. The van der Waals surface area contributed by atoms with E-state index in [1.807, 2.05) is 6.20 Å². The van der Waals surface area contributed by atoms with Gasteiger partial charge in [0.25, 0.3) is 0 Å². The lowest BCUT2D eigenvalue weighted by Gasteiger charge is -2.20. The zero-order valence-electron chi connectivity index (χ0n) is 7.38. The van der Waals surface area contributed by atoms with E-state index < -0.39 is 0 Å². The van der Waals surface area contributed by atoms with Gasteiger partial charge in [-0.3, -0.25) is 4.98 Å². The predicted molar refractivity (Wildman–Crippen MR) is 48.8 cm³/mol. The van der Waals surface area contributed by atoms with Crippen molar-refractivity contribution in [1.29, 1.82) is 0 Å². The number of nitrogens with two attached hydrogens (primary N) is 1. The monoisotopic (exact) mass is 162 g/mol. The number of pyridine rings is 1. The normalized spacial score (nSPS) is 22.0. The minimum absolute atomic E-state index is 0.175. The molecule has 0 amide bonds. The second-order valence-electron chi connectivity index (χ2n) is 3.56. The van der Waals surface area contributed by atoms with Crippen molar-refractivity contribution in [3.8, 4) is 0 Å². The molecule has 0 unspecified atom stereocenters. The lowest BCUT2D eigenvalue weighted by molar-refractivity contribution is 0.553. The Balaban J connectivity index is 2.46. The Morgan fingerprint density at radius 2 is 2.42 bits per heavy atom. The summed E-state index contributed by atoms with van der Waals surface area (Å²) in [4.78, 5) is 4.37. The first-order valence-electron chi connectivity index (χ1n) is 4.48. The number of nitrogens with zero attached hydrogens (tertiary/aromatic N) is 1. The molecule has 0 aliphatic heterocycles. The Hall–Kier alpha value is -0.890.